The van der Waals surface area contributed by atoms with Crippen LogP contribution in [-0.4, -0.2) is 40.6 Å². The number of carbonyl (C=O) groups is 1. The van der Waals surface area contributed by atoms with Crippen molar-refractivity contribution in [3.8, 4) is 5.69 Å². The number of aromatic nitrogens is 3. The fraction of sp³-hybridized carbons (Fsp3) is 0.211. The molecule has 7 nitrogen and oxygen atoms in total. The highest BCUT2D eigenvalue weighted by Crippen LogP contribution is 2.21. The first-order valence-electron chi connectivity index (χ1n) is 8.61. The van der Waals surface area contributed by atoms with Gasteiger partial charge in [0.1, 0.15) is 5.82 Å². The summed E-state index contributed by atoms with van der Waals surface area (Å²) in [6, 6.07) is 13.3. The molecule has 2 heterocycles. The molecule has 28 heavy (non-hydrogen) atoms. The number of nitrogens with one attached hydrogen (secondary N) is 2. The molecule has 1 fully saturated rings. The molecule has 0 aliphatic carbocycles. The maximum Gasteiger partial charge on any atom is 0.277 e. The maximum atomic E-state index is 13.3. The molecule has 2 N–H and O–H groups in total. The highest BCUT2D eigenvalue weighted by atomic mass is 35.5. The summed E-state index contributed by atoms with van der Waals surface area (Å²) < 4.78 is 19.0. The van der Waals surface area contributed by atoms with Crippen LogP contribution in [-0.2, 0) is 4.74 Å². The molecule has 1 saturated heterocycles. The number of anilines is 1. The Morgan fingerprint density at radius 3 is 2.79 bits per heavy atom. The summed E-state index contributed by atoms with van der Waals surface area (Å²) in [5.41, 5.74) is 2.28. The van der Waals surface area contributed by atoms with E-state index in [1.54, 1.807) is 12.1 Å². The second-order valence-corrected chi connectivity index (χ2v) is 6.14. The minimum atomic E-state index is -0.395. The zero-order valence-electron chi connectivity index (χ0n) is 14.8. The van der Waals surface area contributed by atoms with E-state index in [9.17, 15) is 9.18 Å². The van der Waals surface area contributed by atoms with E-state index >= 15 is 0 Å². The van der Waals surface area contributed by atoms with Crippen LogP contribution in [0.5, 0.6) is 0 Å². The number of hydrogen-bond donors (Lipinski definition) is 2. The molecule has 0 bridgehead atoms. The van der Waals surface area contributed by atoms with Crippen molar-refractivity contribution in [2.45, 2.75) is 6.10 Å². The smallest absolute Gasteiger partial charge is 0.277 e. The van der Waals surface area contributed by atoms with Gasteiger partial charge in [-0.2, -0.15) is 9.90 Å². The monoisotopic (exact) mass is 403 g/mol. The van der Waals surface area contributed by atoms with Crippen molar-refractivity contribution < 1.29 is 13.9 Å². The van der Waals surface area contributed by atoms with Crippen molar-refractivity contribution in [2.24, 2.45) is 0 Å². The topological polar surface area (TPSA) is 81.1 Å². The molecule has 0 saturated carbocycles. The Labute approximate surface area is 167 Å². The molecule has 1 unspecified atom stereocenters. The quantitative estimate of drug-likeness (QED) is 0.700. The van der Waals surface area contributed by atoms with Gasteiger partial charge in [-0.15, -0.1) is 17.5 Å². The summed E-state index contributed by atoms with van der Waals surface area (Å²) in [6.45, 7) is 2.32. The molecule has 0 radical (unpaired) electrons. The highest BCUT2D eigenvalue weighted by molar-refractivity contribution is 6.02. The number of rotatable bonds is 4. The van der Waals surface area contributed by atoms with E-state index in [0.717, 1.165) is 18.7 Å². The van der Waals surface area contributed by atoms with Gasteiger partial charge >= 0.3 is 0 Å². The van der Waals surface area contributed by atoms with Crippen LogP contribution in [0.15, 0.2) is 54.7 Å². The molecular weight excluding hydrogens is 385 g/mol. The van der Waals surface area contributed by atoms with Crippen LogP contribution in [0.25, 0.3) is 5.69 Å². The van der Waals surface area contributed by atoms with E-state index in [1.165, 1.54) is 23.1 Å². The lowest BCUT2D eigenvalue weighted by atomic mass is 10.1. The third-order valence-corrected chi connectivity index (χ3v) is 4.23. The van der Waals surface area contributed by atoms with E-state index < -0.39 is 5.82 Å². The maximum absolute atomic E-state index is 13.3. The minimum Gasteiger partial charge on any atom is -0.371 e. The van der Waals surface area contributed by atoms with Crippen LogP contribution < -0.4 is 10.6 Å². The van der Waals surface area contributed by atoms with Gasteiger partial charge in [0, 0.05) is 24.8 Å². The summed E-state index contributed by atoms with van der Waals surface area (Å²) in [6.07, 6.45) is 1.37. The lowest BCUT2D eigenvalue weighted by Crippen LogP contribution is -2.33. The molecule has 1 aliphatic heterocycles. The summed E-state index contributed by atoms with van der Waals surface area (Å²) in [7, 11) is 0. The van der Waals surface area contributed by atoms with E-state index in [0.29, 0.717) is 18.0 Å². The Kier molecular flexibility index (Phi) is 6.35. The second kappa shape index (κ2) is 8.92. The number of ether oxygens (including phenoxy) is 1. The number of halogens is 2. The molecule has 1 atom stereocenters. The zero-order chi connectivity index (χ0) is 18.6. The normalized spacial score (nSPS) is 16.2. The number of benzene rings is 2. The Bertz CT molecular complexity index is 942. The van der Waals surface area contributed by atoms with Gasteiger partial charge in [0.2, 0.25) is 0 Å². The number of morpholine rings is 1. The molecule has 1 aromatic heterocycles. The van der Waals surface area contributed by atoms with Gasteiger partial charge < -0.3 is 15.4 Å². The van der Waals surface area contributed by atoms with Gasteiger partial charge in [0.25, 0.3) is 5.91 Å². The third kappa shape index (κ3) is 4.53. The fourth-order valence-electron chi connectivity index (χ4n) is 2.85. The number of hydrogen-bond acceptors (Lipinski definition) is 5. The molecule has 3 aromatic rings. The Balaban J connectivity index is 0.00000225. The molecule has 1 aliphatic rings. The Morgan fingerprint density at radius 2 is 2.07 bits per heavy atom. The molecule has 0 spiro atoms. The lowest BCUT2D eigenvalue weighted by Gasteiger charge is -2.24. The van der Waals surface area contributed by atoms with E-state index in [1.807, 2.05) is 24.3 Å². The van der Waals surface area contributed by atoms with Gasteiger partial charge in [-0.3, -0.25) is 4.79 Å². The van der Waals surface area contributed by atoms with Crippen molar-refractivity contribution in [3.63, 3.8) is 0 Å². The molecule has 9 heteroatoms. The van der Waals surface area contributed by atoms with Crippen molar-refractivity contribution >= 4 is 24.0 Å². The van der Waals surface area contributed by atoms with E-state index in [4.69, 9.17) is 4.74 Å². The number of nitrogens with zero attached hydrogens (tertiary/aromatic N) is 3. The van der Waals surface area contributed by atoms with Crippen molar-refractivity contribution in [3.05, 3.63) is 71.8 Å². The van der Waals surface area contributed by atoms with Crippen LogP contribution in [0.4, 0.5) is 10.1 Å². The molecule has 4 rings (SSSR count). The molecule has 2 aromatic carbocycles. The predicted molar refractivity (Wildman–Crippen MR) is 105 cm³/mol. The first-order valence-corrected chi connectivity index (χ1v) is 8.61. The van der Waals surface area contributed by atoms with Crippen LogP contribution in [0.3, 0.4) is 0 Å². The minimum absolute atomic E-state index is 0. The molecular formula is C19H19ClFN5O2. The lowest BCUT2D eigenvalue weighted by molar-refractivity contribution is 0.0277. The van der Waals surface area contributed by atoms with Crippen molar-refractivity contribution in [1.29, 1.82) is 0 Å². The average molecular weight is 404 g/mol. The number of carbonyl (C=O) groups excluding carboxylic acids is 1. The Morgan fingerprint density at radius 1 is 1.25 bits per heavy atom. The van der Waals surface area contributed by atoms with Crippen LogP contribution in [0.2, 0.25) is 0 Å². The SMILES string of the molecule is Cl.O=C(Nc1ccc(C2CNCCO2)cc1)c1cnn(-c2cccc(F)c2)n1. The van der Waals surface area contributed by atoms with Gasteiger partial charge in [0.05, 0.1) is 24.6 Å². The fourth-order valence-corrected chi connectivity index (χ4v) is 2.85. The van der Waals surface area contributed by atoms with Gasteiger partial charge in [-0.1, -0.05) is 18.2 Å². The second-order valence-electron chi connectivity index (χ2n) is 6.14. The van der Waals surface area contributed by atoms with Crippen LogP contribution in [0, 0.1) is 5.82 Å². The number of amides is 1. The van der Waals surface area contributed by atoms with Gasteiger partial charge in [-0.25, -0.2) is 4.39 Å². The van der Waals surface area contributed by atoms with Crippen molar-refractivity contribution in [2.75, 3.05) is 25.0 Å². The van der Waals surface area contributed by atoms with Gasteiger partial charge in [-0.05, 0) is 29.8 Å². The standard InChI is InChI=1S/C19H18FN5O2.ClH/c20-14-2-1-3-16(10-14)25-22-11-17(24-25)19(26)23-15-6-4-13(5-7-15)18-12-21-8-9-27-18;/h1-7,10-11,18,21H,8-9,12H2,(H,23,26);1H. The summed E-state index contributed by atoms with van der Waals surface area (Å²) >= 11 is 0. The zero-order valence-corrected chi connectivity index (χ0v) is 15.7. The first-order chi connectivity index (χ1) is 13.2. The molecule has 1 amide bonds. The highest BCUT2D eigenvalue weighted by Gasteiger charge is 2.16. The predicted octanol–water partition coefficient (Wildman–Crippen LogP) is 2.74. The largest absolute Gasteiger partial charge is 0.371 e. The first kappa shape index (κ1) is 19.9. The summed E-state index contributed by atoms with van der Waals surface area (Å²) in [5.74, 6) is -0.783. The van der Waals surface area contributed by atoms with E-state index in [2.05, 4.69) is 20.8 Å². The molecule has 146 valence electrons. The van der Waals surface area contributed by atoms with Crippen LogP contribution in [0.1, 0.15) is 22.2 Å². The third-order valence-electron chi connectivity index (χ3n) is 4.23. The Hall–Kier alpha value is -2.81. The van der Waals surface area contributed by atoms with Crippen LogP contribution >= 0.6 is 12.4 Å². The van der Waals surface area contributed by atoms with Crippen molar-refractivity contribution in [1.82, 2.24) is 20.3 Å². The average Bonchev–Trinajstić information content (AvgIpc) is 3.20. The van der Waals surface area contributed by atoms with Gasteiger partial charge in [0.15, 0.2) is 5.69 Å². The summed E-state index contributed by atoms with van der Waals surface area (Å²) in [5, 5.41) is 14.2. The summed E-state index contributed by atoms with van der Waals surface area (Å²) in [4.78, 5) is 13.6. The van der Waals surface area contributed by atoms with E-state index in [-0.39, 0.29) is 30.1 Å².